The van der Waals surface area contributed by atoms with Crippen LogP contribution >= 0.6 is 0 Å². The zero-order valence-corrected chi connectivity index (χ0v) is 21.9. The summed E-state index contributed by atoms with van der Waals surface area (Å²) in [7, 11) is 0. The lowest BCUT2D eigenvalue weighted by Crippen LogP contribution is -2.24. The van der Waals surface area contributed by atoms with Crippen molar-refractivity contribution < 1.29 is 52.2 Å². The van der Waals surface area contributed by atoms with Crippen molar-refractivity contribution in [2.24, 2.45) is 0 Å². The Bertz CT molecular complexity index is 512. The standard InChI is InChI=1S/C25H46O11/c1-23(2)25(26)36-22-20-33-18-16-31-14-12-29-10-8-27-7-9-28-11-13-30-15-17-32-19-21-35-24-5-3-4-6-34-24/h24H,1,3-22H2,2H3. The minimum absolute atomic E-state index is 0.0662. The van der Waals surface area contributed by atoms with Crippen LogP contribution in [-0.4, -0.2) is 125 Å². The molecule has 1 saturated heterocycles. The smallest absolute Gasteiger partial charge is 0.333 e. The number of hydrogen-bond acceptors (Lipinski definition) is 11. The van der Waals surface area contributed by atoms with E-state index >= 15 is 0 Å². The Kier molecular flexibility index (Phi) is 23.3. The van der Waals surface area contributed by atoms with Crippen LogP contribution < -0.4 is 0 Å². The molecule has 1 atom stereocenters. The van der Waals surface area contributed by atoms with E-state index in [1.807, 2.05) is 0 Å². The van der Waals surface area contributed by atoms with Crippen molar-refractivity contribution in [1.29, 1.82) is 0 Å². The third-order valence-corrected chi connectivity index (χ3v) is 4.71. The molecule has 212 valence electrons. The van der Waals surface area contributed by atoms with Crippen LogP contribution in [0.5, 0.6) is 0 Å². The fraction of sp³-hybridized carbons (Fsp3) is 0.880. The molecule has 11 nitrogen and oxygen atoms in total. The van der Waals surface area contributed by atoms with E-state index in [1.54, 1.807) is 6.92 Å². The maximum atomic E-state index is 11.2. The number of esters is 1. The SMILES string of the molecule is C=C(C)C(=O)OCCOCCOCCOCCOCCOCCOCCOCCOC1CCCCO1. The lowest BCUT2D eigenvalue weighted by Gasteiger charge is -2.22. The van der Waals surface area contributed by atoms with Gasteiger partial charge in [0.15, 0.2) is 6.29 Å². The van der Waals surface area contributed by atoms with Crippen LogP contribution in [0.15, 0.2) is 12.2 Å². The van der Waals surface area contributed by atoms with Crippen LogP contribution in [0.1, 0.15) is 26.2 Å². The number of hydrogen-bond donors (Lipinski definition) is 0. The maximum absolute atomic E-state index is 11.2. The Hall–Kier alpha value is -1.15. The number of rotatable bonds is 26. The highest BCUT2D eigenvalue weighted by Crippen LogP contribution is 2.13. The molecule has 0 aromatic rings. The quantitative estimate of drug-likeness (QED) is 0.0942. The molecule has 0 aromatic carbocycles. The Morgan fingerprint density at radius 1 is 0.639 bits per heavy atom. The first-order chi connectivity index (χ1) is 17.7. The van der Waals surface area contributed by atoms with Gasteiger partial charge in [0, 0.05) is 12.2 Å². The molecule has 0 aromatic heterocycles. The molecule has 0 bridgehead atoms. The zero-order chi connectivity index (χ0) is 25.9. The van der Waals surface area contributed by atoms with Crippen molar-refractivity contribution in [2.45, 2.75) is 32.5 Å². The minimum atomic E-state index is -0.408. The normalized spacial score (nSPS) is 15.8. The second-order valence-electron chi connectivity index (χ2n) is 7.87. The molecule has 0 radical (unpaired) electrons. The lowest BCUT2D eigenvalue weighted by molar-refractivity contribution is -0.169. The Labute approximate surface area is 215 Å². The highest BCUT2D eigenvalue weighted by molar-refractivity contribution is 5.86. The molecule has 0 saturated carbocycles. The molecule has 1 fully saturated rings. The van der Waals surface area contributed by atoms with Gasteiger partial charge in [-0.15, -0.1) is 0 Å². The van der Waals surface area contributed by atoms with Crippen LogP contribution in [0.2, 0.25) is 0 Å². The van der Waals surface area contributed by atoms with Crippen LogP contribution in [0, 0.1) is 0 Å². The lowest BCUT2D eigenvalue weighted by atomic mass is 10.2. The summed E-state index contributed by atoms with van der Waals surface area (Å²) >= 11 is 0. The molecule has 0 amide bonds. The van der Waals surface area contributed by atoms with Crippen LogP contribution in [0.3, 0.4) is 0 Å². The van der Waals surface area contributed by atoms with E-state index in [9.17, 15) is 4.79 Å². The third-order valence-electron chi connectivity index (χ3n) is 4.71. The van der Waals surface area contributed by atoms with Gasteiger partial charge in [-0.05, 0) is 26.2 Å². The van der Waals surface area contributed by atoms with E-state index in [-0.39, 0.29) is 12.9 Å². The van der Waals surface area contributed by atoms with E-state index in [2.05, 4.69) is 6.58 Å². The van der Waals surface area contributed by atoms with Gasteiger partial charge in [-0.2, -0.15) is 0 Å². The molecular weight excluding hydrogens is 476 g/mol. The first-order valence-corrected chi connectivity index (χ1v) is 12.8. The minimum Gasteiger partial charge on any atom is -0.460 e. The Morgan fingerprint density at radius 3 is 1.39 bits per heavy atom. The average molecular weight is 523 g/mol. The van der Waals surface area contributed by atoms with Crippen molar-refractivity contribution in [2.75, 3.05) is 112 Å². The van der Waals surface area contributed by atoms with Crippen LogP contribution in [0.4, 0.5) is 0 Å². The third kappa shape index (κ3) is 22.1. The number of ether oxygens (including phenoxy) is 10. The number of carbonyl (C=O) groups excluding carboxylic acids is 1. The van der Waals surface area contributed by atoms with Crippen molar-refractivity contribution in [3.8, 4) is 0 Å². The molecule has 1 unspecified atom stereocenters. The molecule has 1 aliphatic rings. The molecular formula is C25H46O11. The summed E-state index contributed by atoms with van der Waals surface area (Å²) in [6.45, 7) is 13.5. The first kappa shape index (κ1) is 32.9. The van der Waals surface area contributed by atoms with Gasteiger partial charge < -0.3 is 47.4 Å². The van der Waals surface area contributed by atoms with Crippen molar-refractivity contribution in [1.82, 2.24) is 0 Å². The Morgan fingerprint density at radius 2 is 1.03 bits per heavy atom. The number of carbonyl (C=O) groups is 1. The largest absolute Gasteiger partial charge is 0.460 e. The molecule has 1 aliphatic heterocycles. The van der Waals surface area contributed by atoms with Gasteiger partial charge in [-0.1, -0.05) is 6.58 Å². The monoisotopic (exact) mass is 522 g/mol. The molecule has 0 aliphatic carbocycles. The first-order valence-electron chi connectivity index (χ1n) is 12.8. The maximum Gasteiger partial charge on any atom is 0.333 e. The highest BCUT2D eigenvalue weighted by Gasteiger charge is 2.13. The van der Waals surface area contributed by atoms with Crippen LogP contribution in [0.25, 0.3) is 0 Å². The van der Waals surface area contributed by atoms with Gasteiger partial charge in [-0.25, -0.2) is 4.79 Å². The summed E-state index contributed by atoms with van der Waals surface area (Å²) in [6, 6.07) is 0. The summed E-state index contributed by atoms with van der Waals surface area (Å²) in [4.78, 5) is 11.2. The zero-order valence-electron chi connectivity index (χ0n) is 21.9. The van der Waals surface area contributed by atoms with E-state index in [4.69, 9.17) is 47.4 Å². The molecule has 0 spiro atoms. The summed E-state index contributed by atoms with van der Waals surface area (Å²) in [5, 5.41) is 0. The highest BCUT2D eigenvalue weighted by atomic mass is 16.7. The van der Waals surface area contributed by atoms with Crippen LogP contribution in [-0.2, 0) is 52.2 Å². The molecule has 1 rings (SSSR count). The predicted molar refractivity (Wildman–Crippen MR) is 131 cm³/mol. The average Bonchev–Trinajstić information content (AvgIpc) is 2.89. The van der Waals surface area contributed by atoms with Crippen molar-refractivity contribution >= 4 is 5.97 Å². The molecule has 0 N–H and O–H groups in total. The fourth-order valence-corrected chi connectivity index (χ4v) is 2.82. The second kappa shape index (κ2) is 25.5. The summed E-state index contributed by atoms with van der Waals surface area (Å²) in [6.07, 6.45) is 3.19. The Balaban J connectivity index is 1.64. The summed E-state index contributed by atoms with van der Waals surface area (Å²) < 4.78 is 53.9. The summed E-state index contributed by atoms with van der Waals surface area (Å²) in [5.74, 6) is -0.408. The van der Waals surface area contributed by atoms with Crippen molar-refractivity contribution in [3.05, 3.63) is 12.2 Å². The molecule has 11 heteroatoms. The second-order valence-corrected chi connectivity index (χ2v) is 7.87. The van der Waals surface area contributed by atoms with Gasteiger partial charge in [0.1, 0.15) is 6.61 Å². The predicted octanol–water partition coefficient (Wildman–Crippen LogP) is 1.77. The van der Waals surface area contributed by atoms with Gasteiger partial charge >= 0.3 is 5.97 Å². The van der Waals surface area contributed by atoms with E-state index in [0.29, 0.717) is 105 Å². The summed E-state index contributed by atoms with van der Waals surface area (Å²) in [5.41, 5.74) is 0.374. The van der Waals surface area contributed by atoms with Gasteiger partial charge in [-0.3, -0.25) is 0 Å². The van der Waals surface area contributed by atoms with Gasteiger partial charge in [0.2, 0.25) is 0 Å². The van der Waals surface area contributed by atoms with E-state index in [1.165, 1.54) is 0 Å². The topological polar surface area (TPSA) is 109 Å². The molecule has 36 heavy (non-hydrogen) atoms. The van der Waals surface area contributed by atoms with E-state index < -0.39 is 5.97 Å². The fourth-order valence-electron chi connectivity index (χ4n) is 2.82. The van der Waals surface area contributed by atoms with Gasteiger partial charge in [0.25, 0.3) is 0 Å². The van der Waals surface area contributed by atoms with Gasteiger partial charge in [0.05, 0.1) is 99.1 Å². The molecule has 1 heterocycles. The van der Waals surface area contributed by atoms with E-state index in [0.717, 1.165) is 25.9 Å². The van der Waals surface area contributed by atoms with Crippen molar-refractivity contribution in [3.63, 3.8) is 0 Å².